The van der Waals surface area contributed by atoms with Crippen LogP contribution in [0.2, 0.25) is 0 Å². The molecular weight excluding hydrogens is 423 g/mol. The smallest absolute Gasteiger partial charge is 0.326 e. The van der Waals surface area contributed by atoms with Gasteiger partial charge in [0.2, 0.25) is 0 Å². The van der Waals surface area contributed by atoms with E-state index in [-0.39, 0.29) is 18.8 Å². The number of anilines is 1. The lowest BCUT2D eigenvalue weighted by Gasteiger charge is -2.15. The second-order valence-electron chi connectivity index (χ2n) is 7.27. The van der Waals surface area contributed by atoms with Crippen LogP contribution in [0.25, 0.3) is 11.3 Å². The average Bonchev–Trinajstić information content (AvgIpc) is 2.84. The average molecular weight is 444 g/mol. The molecule has 0 saturated heterocycles. The number of carboxylic acids is 1. The normalized spacial score (nSPS) is 11.5. The van der Waals surface area contributed by atoms with Crippen LogP contribution >= 0.6 is 0 Å². The molecule has 1 atom stereocenters. The Morgan fingerprint density at radius 2 is 1.82 bits per heavy atom. The van der Waals surface area contributed by atoms with Crippen molar-refractivity contribution < 1.29 is 19.0 Å². The van der Waals surface area contributed by atoms with Gasteiger partial charge in [-0.25, -0.2) is 19.2 Å². The number of halogens is 1. The van der Waals surface area contributed by atoms with Crippen LogP contribution < -0.4 is 10.1 Å². The molecule has 0 aliphatic carbocycles. The Balaban J connectivity index is 1.47. The number of nitrogens with zero attached hydrogens (tertiary/aromatic N) is 3. The molecule has 0 spiro atoms. The fraction of sp³-hybridized carbons (Fsp3) is 0.120. The highest BCUT2D eigenvalue weighted by molar-refractivity contribution is 5.77. The van der Waals surface area contributed by atoms with Crippen LogP contribution in [-0.2, 0) is 17.8 Å². The van der Waals surface area contributed by atoms with Crippen LogP contribution in [0.15, 0.2) is 85.3 Å². The molecule has 4 aromatic rings. The second-order valence-corrected chi connectivity index (χ2v) is 7.27. The molecule has 0 aliphatic heterocycles. The highest BCUT2D eigenvalue weighted by Crippen LogP contribution is 2.26. The van der Waals surface area contributed by atoms with Gasteiger partial charge in [-0.15, -0.1) is 0 Å². The molecule has 2 aromatic carbocycles. The predicted octanol–water partition coefficient (Wildman–Crippen LogP) is 4.36. The van der Waals surface area contributed by atoms with E-state index in [1.165, 1.54) is 12.4 Å². The molecule has 166 valence electrons. The standard InChI is InChI=1S/C25H21FN4O3/c26-20-12-18(9-10-23(20)33-15-17-6-2-1-3-7-17)21-14-24(29-16-28-21)30-22(25(31)32)13-19-8-4-5-11-27-19/h1-12,14,16,22H,13,15H2,(H,31,32)(H,28,29,30). The van der Waals surface area contributed by atoms with Crippen molar-refractivity contribution >= 4 is 11.8 Å². The summed E-state index contributed by atoms with van der Waals surface area (Å²) < 4.78 is 20.2. The SMILES string of the molecule is O=C(O)C(Cc1ccccn1)Nc1cc(-c2ccc(OCc3ccccc3)c(F)c2)ncn1. The van der Waals surface area contributed by atoms with Crippen LogP contribution in [0.4, 0.5) is 10.2 Å². The Labute approximate surface area is 190 Å². The van der Waals surface area contributed by atoms with E-state index in [4.69, 9.17) is 4.74 Å². The first-order valence-corrected chi connectivity index (χ1v) is 10.3. The van der Waals surface area contributed by atoms with Gasteiger partial charge in [-0.1, -0.05) is 36.4 Å². The zero-order valence-electron chi connectivity index (χ0n) is 17.6. The molecule has 0 bridgehead atoms. The fourth-order valence-corrected chi connectivity index (χ4v) is 3.21. The van der Waals surface area contributed by atoms with E-state index in [2.05, 4.69) is 20.3 Å². The summed E-state index contributed by atoms with van der Waals surface area (Å²) in [7, 11) is 0. The molecule has 7 nitrogen and oxygen atoms in total. The zero-order chi connectivity index (χ0) is 23.0. The van der Waals surface area contributed by atoms with Crippen molar-refractivity contribution in [2.75, 3.05) is 5.32 Å². The van der Waals surface area contributed by atoms with Crippen molar-refractivity contribution in [1.29, 1.82) is 0 Å². The number of rotatable bonds is 9. The summed E-state index contributed by atoms with van der Waals surface area (Å²) >= 11 is 0. The molecule has 0 aliphatic rings. The maximum Gasteiger partial charge on any atom is 0.326 e. The van der Waals surface area contributed by atoms with E-state index in [0.29, 0.717) is 22.8 Å². The molecule has 8 heteroatoms. The number of aliphatic carboxylic acids is 1. The number of hydrogen-bond donors (Lipinski definition) is 2. The number of benzene rings is 2. The van der Waals surface area contributed by atoms with E-state index in [9.17, 15) is 14.3 Å². The lowest BCUT2D eigenvalue weighted by Crippen LogP contribution is -2.32. The number of aromatic nitrogens is 3. The molecule has 4 rings (SSSR count). The number of pyridine rings is 1. The van der Waals surface area contributed by atoms with E-state index in [1.807, 2.05) is 30.3 Å². The van der Waals surface area contributed by atoms with Gasteiger partial charge in [0.15, 0.2) is 11.6 Å². The van der Waals surface area contributed by atoms with Crippen molar-refractivity contribution in [3.8, 4) is 17.0 Å². The van der Waals surface area contributed by atoms with Gasteiger partial charge in [-0.05, 0) is 35.9 Å². The molecule has 0 amide bonds. The Bertz CT molecular complexity index is 1220. The van der Waals surface area contributed by atoms with Crippen LogP contribution in [-0.4, -0.2) is 32.1 Å². The minimum absolute atomic E-state index is 0.135. The summed E-state index contributed by atoms with van der Waals surface area (Å²) in [6.45, 7) is 0.255. The molecule has 2 N–H and O–H groups in total. The van der Waals surface area contributed by atoms with Crippen molar-refractivity contribution in [2.24, 2.45) is 0 Å². The maximum absolute atomic E-state index is 14.6. The highest BCUT2D eigenvalue weighted by Gasteiger charge is 2.19. The minimum atomic E-state index is -1.04. The quantitative estimate of drug-likeness (QED) is 0.396. The van der Waals surface area contributed by atoms with E-state index in [0.717, 1.165) is 5.56 Å². The fourth-order valence-electron chi connectivity index (χ4n) is 3.21. The lowest BCUT2D eigenvalue weighted by molar-refractivity contribution is -0.137. The Kier molecular flexibility index (Phi) is 6.84. The first-order valence-electron chi connectivity index (χ1n) is 10.3. The molecular formula is C25H21FN4O3. The molecule has 2 heterocycles. The summed E-state index contributed by atoms with van der Waals surface area (Å²) in [6, 6.07) is 20.0. The Morgan fingerprint density at radius 3 is 2.55 bits per heavy atom. The van der Waals surface area contributed by atoms with E-state index >= 15 is 0 Å². The summed E-state index contributed by atoms with van der Waals surface area (Å²) in [6.07, 6.45) is 3.09. The maximum atomic E-state index is 14.6. The van der Waals surface area contributed by atoms with E-state index < -0.39 is 17.8 Å². The Hall–Kier alpha value is -4.33. The van der Waals surface area contributed by atoms with Crippen LogP contribution in [0.3, 0.4) is 0 Å². The number of carbonyl (C=O) groups is 1. The van der Waals surface area contributed by atoms with Crippen LogP contribution in [0.1, 0.15) is 11.3 Å². The minimum Gasteiger partial charge on any atom is -0.486 e. The third kappa shape index (κ3) is 5.88. The van der Waals surface area contributed by atoms with Gasteiger partial charge in [0.25, 0.3) is 0 Å². The monoisotopic (exact) mass is 444 g/mol. The molecule has 0 saturated carbocycles. The van der Waals surface area contributed by atoms with Gasteiger partial charge in [0.05, 0.1) is 5.69 Å². The van der Waals surface area contributed by atoms with Crippen LogP contribution in [0.5, 0.6) is 5.75 Å². The van der Waals surface area contributed by atoms with Gasteiger partial charge in [-0.2, -0.15) is 0 Å². The second kappa shape index (κ2) is 10.3. The number of nitrogens with one attached hydrogen (secondary N) is 1. The molecule has 1 unspecified atom stereocenters. The number of carboxylic acid groups (broad SMARTS) is 1. The van der Waals surface area contributed by atoms with Gasteiger partial charge in [0, 0.05) is 29.9 Å². The molecule has 33 heavy (non-hydrogen) atoms. The summed E-state index contributed by atoms with van der Waals surface area (Å²) in [5.41, 5.74) is 2.54. The van der Waals surface area contributed by atoms with Gasteiger partial charge >= 0.3 is 5.97 Å². The number of ether oxygens (including phenoxy) is 1. The lowest BCUT2D eigenvalue weighted by atomic mass is 10.1. The van der Waals surface area contributed by atoms with Crippen molar-refractivity contribution in [1.82, 2.24) is 15.0 Å². The Morgan fingerprint density at radius 1 is 1.00 bits per heavy atom. The predicted molar refractivity (Wildman–Crippen MR) is 121 cm³/mol. The summed E-state index contributed by atoms with van der Waals surface area (Å²) in [5.74, 6) is -1.11. The van der Waals surface area contributed by atoms with Gasteiger partial charge in [-0.3, -0.25) is 4.98 Å². The third-order valence-corrected chi connectivity index (χ3v) is 4.89. The molecule has 2 aromatic heterocycles. The zero-order valence-corrected chi connectivity index (χ0v) is 17.6. The van der Waals surface area contributed by atoms with Crippen LogP contribution in [0, 0.1) is 5.82 Å². The number of hydrogen-bond acceptors (Lipinski definition) is 6. The third-order valence-electron chi connectivity index (χ3n) is 4.89. The highest BCUT2D eigenvalue weighted by atomic mass is 19.1. The van der Waals surface area contributed by atoms with Crippen molar-refractivity contribution in [3.63, 3.8) is 0 Å². The topological polar surface area (TPSA) is 97.2 Å². The first-order chi connectivity index (χ1) is 16.1. The molecule has 0 fully saturated rings. The summed E-state index contributed by atoms with van der Waals surface area (Å²) in [5, 5.41) is 12.5. The largest absolute Gasteiger partial charge is 0.486 e. The first kappa shape index (κ1) is 21.9. The molecule has 0 radical (unpaired) electrons. The van der Waals surface area contributed by atoms with Crippen molar-refractivity contribution in [3.05, 3.63) is 102 Å². The van der Waals surface area contributed by atoms with Gasteiger partial charge < -0.3 is 15.2 Å². The van der Waals surface area contributed by atoms with Crippen molar-refractivity contribution in [2.45, 2.75) is 19.1 Å². The van der Waals surface area contributed by atoms with E-state index in [1.54, 1.807) is 42.6 Å². The summed E-state index contributed by atoms with van der Waals surface area (Å²) in [4.78, 5) is 24.2. The van der Waals surface area contributed by atoms with Gasteiger partial charge in [0.1, 0.15) is 24.8 Å².